The second-order valence-corrected chi connectivity index (χ2v) is 8.95. The van der Waals surface area contributed by atoms with E-state index in [1.165, 1.54) is 49.2 Å². The number of nitrogens with zero attached hydrogens (tertiary/aromatic N) is 3. The van der Waals surface area contributed by atoms with E-state index in [4.69, 9.17) is 19.4 Å². The van der Waals surface area contributed by atoms with Crippen LogP contribution in [0.3, 0.4) is 0 Å². The predicted molar refractivity (Wildman–Crippen MR) is 117 cm³/mol. The van der Waals surface area contributed by atoms with Crippen LogP contribution in [0.5, 0.6) is 11.6 Å². The van der Waals surface area contributed by atoms with Crippen molar-refractivity contribution in [1.29, 1.82) is 0 Å². The van der Waals surface area contributed by atoms with Crippen LogP contribution in [-0.2, 0) is 12.8 Å². The molecule has 1 aliphatic heterocycles. The highest BCUT2D eigenvalue weighted by atomic mass is 32.1. The van der Waals surface area contributed by atoms with Crippen LogP contribution >= 0.6 is 11.3 Å². The van der Waals surface area contributed by atoms with Crippen molar-refractivity contribution < 1.29 is 9.47 Å². The molecule has 0 bridgehead atoms. The topological polar surface area (TPSA) is 47.5 Å². The number of hydrogen-bond donors (Lipinski definition) is 0. The Balaban J connectivity index is 1.50. The summed E-state index contributed by atoms with van der Waals surface area (Å²) < 4.78 is 11.6. The summed E-state index contributed by atoms with van der Waals surface area (Å²) in [6, 6.07) is 7.94. The lowest BCUT2D eigenvalue weighted by atomic mass is 9.97. The summed E-state index contributed by atoms with van der Waals surface area (Å²) in [5, 5.41) is 1.16. The molecule has 3 heterocycles. The normalized spacial score (nSPS) is 16.9. The van der Waals surface area contributed by atoms with Gasteiger partial charge in [0.1, 0.15) is 17.2 Å². The van der Waals surface area contributed by atoms with Gasteiger partial charge in [-0.3, -0.25) is 4.90 Å². The van der Waals surface area contributed by atoms with Crippen molar-refractivity contribution in [2.24, 2.45) is 0 Å². The summed E-state index contributed by atoms with van der Waals surface area (Å²) in [6.45, 7) is 4.02. The van der Waals surface area contributed by atoms with E-state index in [-0.39, 0.29) is 0 Å². The predicted octanol–water partition coefficient (Wildman–Crippen LogP) is 4.72. The molecule has 2 aromatic heterocycles. The standard InChI is InChI=1S/C23H27N3O2S/c1-27-17-10-8-16(9-11-17)21-24-22(28-15-14-26-12-4-5-13-26)20-18-6-2-3-7-19(18)29-23(20)25-21/h8-11H,2-7,12-15H2,1H3. The second kappa shape index (κ2) is 8.28. The third-order valence-corrected chi connectivity index (χ3v) is 7.16. The maximum Gasteiger partial charge on any atom is 0.226 e. The van der Waals surface area contributed by atoms with Gasteiger partial charge in [-0.2, -0.15) is 4.98 Å². The van der Waals surface area contributed by atoms with Gasteiger partial charge in [0.15, 0.2) is 5.82 Å². The number of methoxy groups -OCH3 is 1. The van der Waals surface area contributed by atoms with Crippen molar-refractivity contribution in [2.45, 2.75) is 38.5 Å². The Labute approximate surface area is 175 Å². The van der Waals surface area contributed by atoms with E-state index in [0.717, 1.165) is 52.6 Å². The van der Waals surface area contributed by atoms with Crippen LogP contribution in [0.1, 0.15) is 36.1 Å². The van der Waals surface area contributed by atoms with Gasteiger partial charge in [0.25, 0.3) is 0 Å². The lowest BCUT2D eigenvalue weighted by Crippen LogP contribution is -2.25. The molecule has 29 heavy (non-hydrogen) atoms. The van der Waals surface area contributed by atoms with E-state index >= 15 is 0 Å². The first kappa shape index (κ1) is 18.8. The molecule has 5 nitrogen and oxygen atoms in total. The number of fused-ring (bicyclic) bond motifs is 3. The Bertz CT molecular complexity index is 994. The summed E-state index contributed by atoms with van der Waals surface area (Å²) in [7, 11) is 1.68. The quantitative estimate of drug-likeness (QED) is 0.589. The lowest BCUT2D eigenvalue weighted by molar-refractivity contribution is 0.234. The monoisotopic (exact) mass is 409 g/mol. The van der Waals surface area contributed by atoms with Gasteiger partial charge >= 0.3 is 0 Å². The first-order chi connectivity index (χ1) is 14.3. The average molecular weight is 410 g/mol. The van der Waals surface area contributed by atoms with Crippen LogP contribution < -0.4 is 9.47 Å². The minimum Gasteiger partial charge on any atom is -0.497 e. The molecule has 0 radical (unpaired) electrons. The molecule has 2 aliphatic rings. The Morgan fingerprint density at radius 2 is 1.79 bits per heavy atom. The number of rotatable bonds is 6. The van der Waals surface area contributed by atoms with Crippen LogP contribution in [0.15, 0.2) is 24.3 Å². The SMILES string of the molecule is COc1ccc(-c2nc(OCCN3CCCC3)c3c4c(sc3n2)CCCC4)cc1. The van der Waals surface area contributed by atoms with Crippen molar-refractivity contribution in [3.63, 3.8) is 0 Å². The van der Waals surface area contributed by atoms with Crippen LogP contribution in [0, 0.1) is 0 Å². The maximum atomic E-state index is 6.30. The first-order valence-corrected chi connectivity index (χ1v) is 11.5. The highest BCUT2D eigenvalue weighted by molar-refractivity contribution is 7.18. The molecule has 1 aliphatic carbocycles. The fraction of sp³-hybridized carbons (Fsp3) is 0.478. The zero-order valence-electron chi connectivity index (χ0n) is 16.9. The van der Waals surface area contributed by atoms with E-state index in [2.05, 4.69) is 4.90 Å². The zero-order chi connectivity index (χ0) is 19.6. The van der Waals surface area contributed by atoms with Gasteiger partial charge in [0.2, 0.25) is 5.88 Å². The molecule has 1 fully saturated rings. The molecule has 0 amide bonds. The van der Waals surface area contributed by atoms with Crippen molar-refractivity contribution in [3.05, 3.63) is 34.7 Å². The van der Waals surface area contributed by atoms with Gasteiger partial charge < -0.3 is 9.47 Å². The summed E-state index contributed by atoms with van der Waals surface area (Å²) in [5.41, 5.74) is 2.41. The minimum atomic E-state index is 0.679. The molecule has 3 aromatic rings. The van der Waals surface area contributed by atoms with Crippen LogP contribution in [0.2, 0.25) is 0 Å². The highest BCUT2D eigenvalue weighted by Gasteiger charge is 2.23. The Morgan fingerprint density at radius 1 is 1.00 bits per heavy atom. The van der Waals surface area contributed by atoms with Gasteiger partial charge in [-0.05, 0) is 81.4 Å². The van der Waals surface area contributed by atoms with Gasteiger partial charge in [-0.15, -0.1) is 11.3 Å². The molecular formula is C23H27N3O2S. The molecule has 0 saturated carbocycles. The van der Waals surface area contributed by atoms with Gasteiger partial charge in [0, 0.05) is 17.0 Å². The van der Waals surface area contributed by atoms with E-state index in [1.807, 2.05) is 35.6 Å². The molecule has 152 valence electrons. The average Bonchev–Trinajstić information content (AvgIpc) is 3.41. The van der Waals surface area contributed by atoms with E-state index in [1.54, 1.807) is 7.11 Å². The van der Waals surface area contributed by atoms with Crippen molar-refractivity contribution >= 4 is 21.6 Å². The van der Waals surface area contributed by atoms with Crippen molar-refractivity contribution in [2.75, 3.05) is 33.4 Å². The van der Waals surface area contributed by atoms with Gasteiger partial charge in [-0.25, -0.2) is 4.98 Å². The summed E-state index contributed by atoms with van der Waals surface area (Å²) in [6.07, 6.45) is 7.38. The van der Waals surface area contributed by atoms with Crippen molar-refractivity contribution in [3.8, 4) is 23.0 Å². The highest BCUT2D eigenvalue weighted by Crippen LogP contribution is 2.40. The van der Waals surface area contributed by atoms with E-state index in [0.29, 0.717) is 6.61 Å². The number of aromatic nitrogens is 2. The first-order valence-electron chi connectivity index (χ1n) is 10.6. The fourth-order valence-corrected chi connectivity index (χ4v) is 5.63. The molecular weight excluding hydrogens is 382 g/mol. The number of aryl methyl sites for hydroxylation is 2. The summed E-state index contributed by atoms with van der Waals surface area (Å²) >= 11 is 1.82. The Kier molecular flexibility index (Phi) is 5.38. The zero-order valence-corrected chi connectivity index (χ0v) is 17.8. The summed E-state index contributed by atoms with van der Waals surface area (Å²) in [5.74, 6) is 2.33. The van der Waals surface area contributed by atoms with Crippen LogP contribution in [-0.4, -0.2) is 48.2 Å². The molecule has 6 heteroatoms. The molecule has 5 rings (SSSR count). The van der Waals surface area contributed by atoms with E-state index in [9.17, 15) is 0 Å². The molecule has 1 aromatic carbocycles. The molecule has 1 saturated heterocycles. The third-order valence-electron chi connectivity index (χ3n) is 5.97. The third kappa shape index (κ3) is 3.83. The smallest absolute Gasteiger partial charge is 0.226 e. The minimum absolute atomic E-state index is 0.679. The molecule has 0 N–H and O–H groups in total. The van der Waals surface area contributed by atoms with Crippen molar-refractivity contribution in [1.82, 2.24) is 14.9 Å². The second-order valence-electron chi connectivity index (χ2n) is 7.87. The fourth-order valence-electron chi connectivity index (χ4n) is 4.38. The largest absolute Gasteiger partial charge is 0.497 e. The maximum absolute atomic E-state index is 6.30. The number of likely N-dealkylation sites (tertiary alicyclic amines) is 1. The van der Waals surface area contributed by atoms with Gasteiger partial charge in [0.05, 0.1) is 12.5 Å². The lowest BCUT2D eigenvalue weighted by Gasteiger charge is -2.16. The van der Waals surface area contributed by atoms with Crippen LogP contribution in [0.4, 0.5) is 0 Å². The molecule has 0 atom stereocenters. The number of ether oxygens (including phenoxy) is 2. The summed E-state index contributed by atoms with van der Waals surface area (Å²) in [4.78, 5) is 14.8. The van der Waals surface area contributed by atoms with E-state index < -0.39 is 0 Å². The Morgan fingerprint density at radius 3 is 2.59 bits per heavy atom. The molecule has 0 unspecified atom stereocenters. The van der Waals surface area contributed by atoms with Crippen LogP contribution in [0.25, 0.3) is 21.6 Å². The number of hydrogen-bond acceptors (Lipinski definition) is 6. The number of benzene rings is 1. The molecule has 0 spiro atoms. The van der Waals surface area contributed by atoms with Gasteiger partial charge in [-0.1, -0.05) is 0 Å². The Hall–Kier alpha value is -2.18. The number of thiophene rings is 1.